The van der Waals surface area contributed by atoms with E-state index >= 15 is 0 Å². The van der Waals surface area contributed by atoms with Crippen molar-refractivity contribution in [3.8, 4) is 11.5 Å². The highest BCUT2D eigenvalue weighted by Gasteiger charge is 2.35. The van der Waals surface area contributed by atoms with Crippen LogP contribution in [0, 0.1) is 0 Å². The molecule has 0 unspecified atom stereocenters. The maximum atomic E-state index is 12.3. The van der Waals surface area contributed by atoms with Gasteiger partial charge < -0.3 is 18.9 Å². The van der Waals surface area contributed by atoms with E-state index in [0.29, 0.717) is 18.8 Å². The van der Waals surface area contributed by atoms with E-state index in [1.54, 1.807) is 7.11 Å². The van der Waals surface area contributed by atoms with E-state index < -0.39 is 18.2 Å². The fourth-order valence-electron chi connectivity index (χ4n) is 2.97. The molecular formula is C19H28ClNO5. The highest BCUT2D eigenvalue weighted by molar-refractivity contribution is 6.14. The summed E-state index contributed by atoms with van der Waals surface area (Å²) in [6.07, 6.45) is 1.99. The predicted octanol–water partition coefficient (Wildman–Crippen LogP) is 3.47. The molecule has 0 aliphatic carbocycles. The molecule has 146 valence electrons. The molecule has 0 spiro atoms. The lowest BCUT2D eigenvalue weighted by atomic mass is 10.0. The molecule has 26 heavy (non-hydrogen) atoms. The number of rotatable bonds is 7. The van der Waals surface area contributed by atoms with Crippen molar-refractivity contribution in [3.05, 3.63) is 24.3 Å². The highest BCUT2D eigenvalue weighted by atomic mass is 35.5. The molecule has 1 fully saturated rings. The molecule has 7 heteroatoms. The predicted molar refractivity (Wildman–Crippen MR) is 99.6 cm³/mol. The van der Waals surface area contributed by atoms with Crippen LogP contribution in [0.2, 0.25) is 0 Å². The van der Waals surface area contributed by atoms with Crippen LogP contribution < -0.4 is 14.3 Å². The van der Waals surface area contributed by atoms with Crippen LogP contribution in [-0.4, -0.2) is 44.0 Å². The number of hydrogen-bond donors (Lipinski definition) is 1. The normalized spacial score (nSPS) is 27.0. The van der Waals surface area contributed by atoms with Gasteiger partial charge in [0.2, 0.25) is 0 Å². The number of benzene rings is 1. The highest BCUT2D eigenvalue weighted by Crippen LogP contribution is 2.25. The van der Waals surface area contributed by atoms with Crippen LogP contribution in [0.4, 0.5) is 0 Å². The number of hydrogen-bond acceptors (Lipinski definition) is 6. The number of esters is 1. The molecule has 0 bridgehead atoms. The zero-order chi connectivity index (χ0) is 18.9. The molecule has 4 atom stereocenters. The Bertz CT molecular complexity index is 553. The van der Waals surface area contributed by atoms with E-state index in [9.17, 15) is 4.79 Å². The van der Waals surface area contributed by atoms with Crippen LogP contribution in [0.1, 0.15) is 39.5 Å². The van der Waals surface area contributed by atoms with Gasteiger partial charge in [0.25, 0.3) is 0 Å². The lowest BCUT2D eigenvalue weighted by Gasteiger charge is -2.31. The SMILES string of the molecule is CCCO[C@H]1CCC[C@H](NCl)C(=O)O[C@@H](C)[C@@H]1Oc1ccc(OC)cc1. The van der Waals surface area contributed by atoms with E-state index in [2.05, 4.69) is 11.8 Å². The number of nitrogens with one attached hydrogen (secondary N) is 1. The Balaban J connectivity index is 2.19. The second-order valence-electron chi connectivity index (χ2n) is 6.40. The van der Waals surface area contributed by atoms with E-state index in [1.165, 1.54) is 0 Å². The van der Waals surface area contributed by atoms with Gasteiger partial charge in [-0.25, -0.2) is 4.84 Å². The maximum Gasteiger partial charge on any atom is 0.324 e. The van der Waals surface area contributed by atoms with Gasteiger partial charge in [-0.05, 0) is 68.6 Å². The Morgan fingerprint density at radius 3 is 2.54 bits per heavy atom. The maximum absolute atomic E-state index is 12.3. The van der Waals surface area contributed by atoms with E-state index in [0.717, 1.165) is 25.0 Å². The fourth-order valence-corrected chi connectivity index (χ4v) is 3.17. The summed E-state index contributed by atoms with van der Waals surface area (Å²) in [5, 5.41) is 0. The zero-order valence-corrected chi connectivity index (χ0v) is 16.3. The Morgan fingerprint density at radius 1 is 1.23 bits per heavy atom. The lowest BCUT2D eigenvalue weighted by Crippen LogP contribution is -2.45. The van der Waals surface area contributed by atoms with Crippen molar-refractivity contribution in [1.29, 1.82) is 0 Å². The van der Waals surface area contributed by atoms with Crippen molar-refractivity contribution in [2.75, 3.05) is 13.7 Å². The second kappa shape index (κ2) is 10.6. The van der Waals surface area contributed by atoms with E-state index in [4.69, 9.17) is 30.7 Å². The van der Waals surface area contributed by atoms with E-state index in [-0.39, 0.29) is 12.1 Å². The third-order valence-electron chi connectivity index (χ3n) is 4.40. The van der Waals surface area contributed by atoms with Gasteiger partial charge in [-0.3, -0.25) is 4.79 Å². The standard InChI is InChI=1S/C19H28ClNO5/c1-4-12-24-17-7-5-6-16(21-20)19(22)25-13(2)18(17)26-15-10-8-14(23-3)9-11-15/h8-11,13,16-18,21H,4-7,12H2,1-3H3/t13-,16-,17-,18-/m0/s1. The Kier molecular flexibility index (Phi) is 8.48. The van der Waals surface area contributed by atoms with Crippen molar-refractivity contribution >= 4 is 17.7 Å². The van der Waals surface area contributed by atoms with Crippen molar-refractivity contribution in [2.45, 2.75) is 63.9 Å². The molecule has 1 saturated heterocycles. The monoisotopic (exact) mass is 385 g/mol. The first kappa shape index (κ1) is 20.8. The number of ether oxygens (including phenoxy) is 4. The third kappa shape index (κ3) is 5.76. The molecule has 1 aromatic rings. The van der Waals surface area contributed by atoms with Crippen LogP contribution in [0.15, 0.2) is 24.3 Å². The molecule has 1 aliphatic heterocycles. The number of methoxy groups -OCH3 is 1. The minimum atomic E-state index is -0.523. The molecule has 0 aromatic heterocycles. The van der Waals surface area contributed by atoms with Gasteiger partial charge in [-0.15, -0.1) is 0 Å². The molecule has 1 aromatic carbocycles. The third-order valence-corrected chi connectivity index (χ3v) is 4.66. The summed E-state index contributed by atoms with van der Waals surface area (Å²) in [6.45, 7) is 4.52. The topological polar surface area (TPSA) is 66.0 Å². The molecule has 0 radical (unpaired) electrons. The first-order valence-corrected chi connectivity index (χ1v) is 9.45. The Morgan fingerprint density at radius 2 is 1.92 bits per heavy atom. The van der Waals surface area contributed by atoms with Crippen molar-refractivity contribution in [2.24, 2.45) is 0 Å². The number of carbonyl (C=O) groups excluding carboxylic acids is 1. The molecule has 1 N–H and O–H groups in total. The minimum Gasteiger partial charge on any atom is -0.497 e. The number of cyclic esters (lactones) is 1. The summed E-state index contributed by atoms with van der Waals surface area (Å²) in [4.78, 5) is 14.8. The average molecular weight is 386 g/mol. The van der Waals surface area contributed by atoms with Gasteiger partial charge in [-0.1, -0.05) is 6.92 Å². The zero-order valence-electron chi connectivity index (χ0n) is 15.6. The number of halogens is 1. The van der Waals surface area contributed by atoms with Gasteiger partial charge in [0.15, 0.2) is 6.10 Å². The van der Waals surface area contributed by atoms with Crippen molar-refractivity contribution in [1.82, 2.24) is 4.84 Å². The Hall–Kier alpha value is -1.50. The van der Waals surface area contributed by atoms with Crippen LogP contribution in [-0.2, 0) is 14.3 Å². The van der Waals surface area contributed by atoms with E-state index in [1.807, 2.05) is 31.2 Å². The Labute approximate surface area is 160 Å². The fraction of sp³-hybridized carbons (Fsp3) is 0.632. The summed E-state index contributed by atoms with van der Waals surface area (Å²) in [5.74, 6) is 1.06. The summed E-state index contributed by atoms with van der Waals surface area (Å²) >= 11 is 5.69. The first-order chi connectivity index (χ1) is 12.6. The minimum absolute atomic E-state index is 0.172. The molecule has 1 heterocycles. The number of carbonyl (C=O) groups is 1. The quantitative estimate of drug-likeness (QED) is 0.572. The van der Waals surface area contributed by atoms with Crippen molar-refractivity contribution < 1.29 is 23.7 Å². The molecule has 0 saturated carbocycles. The molecular weight excluding hydrogens is 358 g/mol. The average Bonchev–Trinajstić information content (AvgIpc) is 2.70. The summed E-state index contributed by atoms with van der Waals surface area (Å²) in [6, 6.07) is 6.80. The van der Waals surface area contributed by atoms with Crippen LogP contribution in [0.5, 0.6) is 11.5 Å². The molecule has 0 amide bonds. The van der Waals surface area contributed by atoms with Gasteiger partial charge in [-0.2, -0.15) is 0 Å². The summed E-state index contributed by atoms with van der Waals surface area (Å²) in [7, 11) is 1.62. The van der Waals surface area contributed by atoms with Crippen molar-refractivity contribution in [3.63, 3.8) is 0 Å². The lowest BCUT2D eigenvalue weighted by molar-refractivity contribution is -0.159. The van der Waals surface area contributed by atoms with Gasteiger partial charge >= 0.3 is 5.97 Å². The van der Waals surface area contributed by atoms with Gasteiger partial charge in [0.1, 0.15) is 23.6 Å². The smallest absolute Gasteiger partial charge is 0.324 e. The summed E-state index contributed by atoms with van der Waals surface area (Å²) < 4.78 is 23.0. The molecule has 1 aliphatic rings. The summed E-state index contributed by atoms with van der Waals surface area (Å²) in [5.41, 5.74) is 0. The van der Waals surface area contributed by atoms with Crippen LogP contribution >= 0.6 is 11.8 Å². The molecule has 2 rings (SSSR count). The van der Waals surface area contributed by atoms with Gasteiger partial charge in [0.05, 0.1) is 13.2 Å². The van der Waals surface area contributed by atoms with Crippen LogP contribution in [0.25, 0.3) is 0 Å². The second-order valence-corrected chi connectivity index (χ2v) is 6.62. The molecule has 6 nitrogen and oxygen atoms in total. The van der Waals surface area contributed by atoms with Crippen LogP contribution in [0.3, 0.4) is 0 Å². The van der Waals surface area contributed by atoms with Gasteiger partial charge in [0, 0.05) is 6.61 Å². The first-order valence-electron chi connectivity index (χ1n) is 9.08. The largest absolute Gasteiger partial charge is 0.497 e.